The summed E-state index contributed by atoms with van der Waals surface area (Å²) < 4.78 is 42.2. The van der Waals surface area contributed by atoms with Crippen LogP contribution in [0.3, 0.4) is 0 Å². The molecular formula is C21H26ClF2N7O2. The van der Waals surface area contributed by atoms with Gasteiger partial charge in [0.15, 0.2) is 5.15 Å². The molecule has 1 saturated heterocycles. The molecule has 0 aromatic carbocycles. The Morgan fingerprint density at radius 1 is 1.33 bits per heavy atom. The van der Waals surface area contributed by atoms with Crippen LogP contribution in [0.5, 0.6) is 5.88 Å². The standard InChI is InChI=1S/C21H26ClF2N7O2/c1-2-33-19-14-4-6-25-18(14)28-20(29-19)27-15-12-26-31(17(15)22)16-11-13(3-5-21(16,23)24)30-7-9-32-10-8-30/h4,6,12-13,16H,2-3,5,7-11H2,1H3,(H2,25,27,28,29)/t13-,16-/m0/s1. The second-order valence-electron chi connectivity index (χ2n) is 8.30. The molecule has 2 aliphatic rings. The summed E-state index contributed by atoms with van der Waals surface area (Å²) in [7, 11) is 0. The first-order valence-electron chi connectivity index (χ1n) is 11.1. The number of halogens is 3. The average molecular weight is 482 g/mol. The Labute approximate surface area is 194 Å². The molecule has 1 aliphatic heterocycles. The number of ether oxygens (including phenoxy) is 2. The summed E-state index contributed by atoms with van der Waals surface area (Å²) in [5.74, 6) is -2.25. The first-order chi connectivity index (χ1) is 16.0. The molecule has 178 valence electrons. The van der Waals surface area contributed by atoms with Crippen LogP contribution in [0.15, 0.2) is 18.5 Å². The average Bonchev–Trinajstić information content (AvgIpc) is 3.42. The topological polar surface area (TPSA) is 93.1 Å². The van der Waals surface area contributed by atoms with Gasteiger partial charge in [0.1, 0.15) is 11.7 Å². The van der Waals surface area contributed by atoms with Crippen molar-refractivity contribution in [3.05, 3.63) is 23.6 Å². The van der Waals surface area contributed by atoms with Gasteiger partial charge in [-0.2, -0.15) is 15.1 Å². The van der Waals surface area contributed by atoms with Gasteiger partial charge >= 0.3 is 0 Å². The van der Waals surface area contributed by atoms with Gasteiger partial charge in [-0.05, 0) is 25.8 Å². The highest BCUT2D eigenvalue weighted by atomic mass is 35.5. The third kappa shape index (κ3) is 4.36. The maximum Gasteiger partial charge on any atom is 0.270 e. The minimum absolute atomic E-state index is 0.0440. The Hall–Kier alpha value is -2.50. The highest BCUT2D eigenvalue weighted by molar-refractivity contribution is 6.32. The van der Waals surface area contributed by atoms with E-state index in [1.54, 1.807) is 6.20 Å². The predicted molar refractivity (Wildman–Crippen MR) is 120 cm³/mol. The lowest BCUT2D eigenvalue weighted by molar-refractivity contribution is -0.106. The molecule has 0 bridgehead atoms. The van der Waals surface area contributed by atoms with Gasteiger partial charge in [-0.25, -0.2) is 13.5 Å². The number of morpholine rings is 1. The van der Waals surface area contributed by atoms with Crippen molar-refractivity contribution in [1.29, 1.82) is 0 Å². The number of hydrogen-bond donors (Lipinski definition) is 2. The van der Waals surface area contributed by atoms with Crippen LogP contribution in [0, 0.1) is 0 Å². The van der Waals surface area contributed by atoms with Crippen molar-refractivity contribution in [2.24, 2.45) is 0 Å². The van der Waals surface area contributed by atoms with Crippen LogP contribution in [-0.2, 0) is 4.74 Å². The minimum atomic E-state index is -2.91. The van der Waals surface area contributed by atoms with Crippen LogP contribution in [0.25, 0.3) is 11.0 Å². The van der Waals surface area contributed by atoms with Gasteiger partial charge in [-0.15, -0.1) is 0 Å². The third-order valence-electron chi connectivity index (χ3n) is 6.29. The Morgan fingerprint density at radius 3 is 2.94 bits per heavy atom. The van der Waals surface area contributed by atoms with Gasteiger partial charge in [0.2, 0.25) is 11.8 Å². The van der Waals surface area contributed by atoms with Crippen LogP contribution in [0.2, 0.25) is 5.15 Å². The van der Waals surface area contributed by atoms with E-state index >= 15 is 0 Å². The van der Waals surface area contributed by atoms with Crippen molar-refractivity contribution in [2.45, 2.75) is 44.2 Å². The second-order valence-corrected chi connectivity index (χ2v) is 8.66. The molecule has 2 atom stereocenters. The summed E-state index contributed by atoms with van der Waals surface area (Å²) in [6.07, 6.45) is 3.68. The van der Waals surface area contributed by atoms with Crippen molar-refractivity contribution in [3.8, 4) is 5.88 Å². The van der Waals surface area contributed by atoms with Crippen molar-refractivity contribution >= 4 is 34.3 Å². The molecule has 4 heterocycles. The van der Waals surface area contributed by atoms with Crippen molar-refractivity contribution < 1.29 is 18.3 Å². The lowest BCUT2D eigenvalue weighted by Gasteiger charge is -2.42. The zero-order valence-electron chi connectivity index (χ0n) is 18.2. The summed E-state index contributed by atoms with van der Waals surface area (Å²) in [5.41, 5.74) is 0.945. The summed E-state index contributed by atoms with van der Waals surface area (Å²) in [5, 5.41) is 8.07. The molecule has 0 amide bonds. The monoisotopic (exact) mass is 481 g/mol. The fraction of sp³-hybridized carbons (Fsp3) is 0.571. The van der Waals surface area contributed by atoms with Crippen molar-refractivity contribution in [1.82, 2.24) is 29.6 Å². The Morgan fingerprint density at radius 2 is 2.15 bits per heavy atom. The quantitative estimate of drug-likeness (QED) is 0.549. The molecule has 33 heavy (non-hydrogen) atoms. The highest BCUT2D eigenvalue weighted by Crippen LogP contribution is 2.45. The van der Waals surface area contributed by atoms with E-state index in [1.807, 2.05) is 13.0 Å². The zero-order valence-corrected chi connectivity index (χ0v) is 19.0. The molecule has 0 radical (unpaired) electrons. The largest absolute Gasteiger partial charge is 0.477 e. The number of rotatable bonds is 6. The highest BCUT2D eigenvalue weighted by Gasteiger charge is 2.48. The third-order valence-corrected chi connectivity index (χ3v) is 6.67. The lowest BCUT2D eigenvalue weighted by atomic mass is 9.86. The van der Waals surface area contributed by atoms with E-state index in [1.165, 1.54) is 10.9 Å². The number of aromatic amines is 1. The molecule has 1 aliphatic carbocycles. The van der Waals surface area contributed by atoms with Gasteiger partial charge in [0.25, 0.3) is 5.92 Å². The SMILES string of the molecule is CCOc1nc(Nc2cnn([C@H]3C[C@@H](N4CCOCC4)CCC3(F)F)c2Cl)nc2[nH]ccc12. The van der Waals surface area contributed by atoms with Crippen molar-refractivity contribution in [3.63, 3.8) is 0 Å². The molecule has 2 fully saturated rings. The maximum atomic E-state index is 15.0. The number of nitrogens with zero attached hydrogens (tertiary/aromatic N) is 5. The lowest BCUT2D eigenvalue weighted by Crippen LogP contribution is -2.49. The Kier molecular flexibility index (Phi) is 6.11. The fourth-order valence-corrected chi connectivity index (χ4v) is 4.87. The molecule has 0 spiro atoms. The number of anilines is 2. The number of fused-ring (bicyclic) bond motifs is 1. The maximum absolute atomic E-state index is 15.0. The van der Waals surface area contributed by atoms with Crippen LogP contribution in [0.1, 0.15) is 32.2 Å². The summed E-state index contributed by atoms with van der Waals surface area (Å²) in [6.45, 7) is 5.07. The number of hydrogen-bond acceptors (Lipinski definition) is 7. The van der Waals surface area contributed by atoms with E-state index < -0.39 is 12.0 Å². The van der Waals surface area contributed by atoms with Gasteiger partial charge in [0, 0.05) is 31.7 Å². The molecule has 9 nitrogen and oxygen atoms in total. The fourth-order valence-electron chi connectivity index (χ4n) is 4.61. The zero-order chi connectivity index (χ0) is 23.0. The van der Waals surface area contributed by atoms with Crippen LogP contribution in [0.4, 0.5) is 20.4 Å². The predicted octanol–water partition coefficient (Wildman–Crippen LogP) is 4.01. The van der Waals surface area contributed by atoms with Crippen LogP contribution >= 0.6 is 11.6 Å². The molecule has 5 rings (SSSR count). The van der Waals surface area contributed by atoms with E-state index in [9.17, 15) is 8.78 Å². The summed E-state index contributed by atoms with van der Waals surface area (Å²) >= 11 is 6.54. The molecule has 0 unspecified atom stereocenters. The normalized spacial score (nSPS) is 23.6. The van der Waals surface area contributed by atoms with Gasteiger partial charge in [0.05, 0.1) is 37.1 Å². The molecular weight excluding hydrogens is 456 g/mol. The number of aromatic nitrogens is 5. The first kappa shape index (κ1) is 22.3. The van der Waals surface area contributed by atoms with Crippen molar-refractivity contribution in [2.75, 3.05) is 38.2 Å². The summed E-state index contributed by atoms with van der Waals surface area (Å²) in [4.78, 5) is 14.1. The molecule has 3 aromatic rings. The molecule has 12 heteroatoms. The van der Waals surface area contributed by atoms with Crippen LogP contribution in [-0.4, -0.2) is 74.5 Å². The second kappa shape index (κ2) is 9.03. The van der Waals surface area contributed by atoms with Gasteiger partial charge < -0.3 is 19.8 Å². The van der Waals surface area contributed by atoms with Gasteiger partial charge in [-0.1, -0.05) is 11.6 Å². The Bertz CT molecular complexity index is 1120. The number of H-pyrrole nitrogens is 1. The Balaban J connectivity index is 1.39. The molecule has 3 aromatic heterocycles. The summed E-state index contributed by atoms with van der Waals surface area (Å²) in [6, 6.07) is 0.737. The van der Waals surface area contributed by atoms with Gasteiger partial charge in [-0.3, -0.25) is 4.90 Å². The van der Waals surface area contributed by atoms with Crippen LogP contribution < -0.4 is 10.1 Å². The van der Waals surface area contributed by atoms with E-state index in [2.05, 4.69) is 30.3 Å². The van der Waals surface area contributed by atoms with E-state index in [0.717, 1.165) is 18.5 Å². The number of nitrogens with one attached hydrogen (secondary N) is 2. The van der Waals surface area contributed by atoms with E-state index in [4.69, 9.17) is 21.1 Å². The molecule has 1 saturated carbocycles. The molecule has 2 N–H and O–H groups in total. The van der Waals surface area contributed by atoms with E-state index in [0.29, 0.717) is 43.5 Å². The van der Waals surface area contributed by atoms with E-state index in [-0.39, 0.29) is 30.0 Å². The first-order valence-corrected chi connectivity index (χ1v) is 11.5. The number of alkyl halides is 2. The minimum Gasteiger partial charge on any atom is -0.477 e. The smallest absolute Gasteiger partial charge is 0.270 e.